The number of aliphatic hydroxyl groups excluding tert-OH is 1. The van der Waals surface area contributed by atoms with Crippen molar-refractivity contribution < 1.29 is 27.9 Å². The molecule has 5 nitrogen and oxygen atoms in total. The van der Waals surface area contributed by atoms with Gasteiger partial charge in [0.05, 0.1) is 11.7 Å². The summed E-state index contributed by atoms with van der Waals surface area (Å²) in [6.45, 7) is 0.163. The van der Waals surface area contributed by atoms with Crippen molar-refractivity contribution in [3.05, 3.63) is 29.8 Å². The van der Waals surface area contributed by atoms with Crippen LogP contribution in [-0.4, -0.2) is 29.6 Å². The molecule has 1 fully saturated rings. The van der Waals surface area contributed by atoms with Gasteiger partial charge in [0.2, 0.25) is 0 Å². The highest BCUT2D eigenvalue weighted by atomic mass is 19.4. The van der Waals surface area contributed by atoms with Gasteiger partial charge in [-0.25, -0.2) is 0 Å². The molecule has 1 saturated carbocycles. The smallest absolute Gasteiger partial charge is 0.393 e. The Morgan fingerprint density at radius 2 is 1.88 bits per heavy atom. The van der Waals surface area contributed by atoms with Crippen molar-refractivity contribution >= 4 is 17.5 Å². The van der Waals surface area contributed by atoms with Gasteiger partial charge in [-0.3, -0.25) is 9.59 Å². The summed E-state index contributed by atoms with van der Waals surface area (Å²) >= 11 is 0. The summed E-state index contributed by atoms with van der Waals surface area (Å²) in [4.78, 5) is 23.5. The number of amides is 2. The van der Waals surface area contributed by atoms with E-state index in [1.54, 1.807) is 0 Å². The number of carbonyl (C=O) groups is 2. The normalized spacial score (nSPS) is 21.2. The number of carbonyl (C=O) groups excluding carboxylic acids is 2. The van der Waals surface area contributed by atoms with Gasteiger partial charge < -0.3 is 15.7 Å². The summed E-state index contributed by atoms with van der Waals surface area (Å²) in [7, 11) is 0. The Hall–Kier alpha value is -2.09. The molecule has 8 heteroatoms. The summed E-state index contributed by atoms with van der Waals surface area (Å²) in [6.07, 6.45) is -1.73. The maximum absolute atomic E-state index is 12.6. The highest BCUT2D eigenvalue weighted by molar-refractivity contribution is 6.39. The zero-order valence-electron chi connectivity index (χ0n) is 12.9. The fraction of sp³-hybridized carbons (Fsp3) is 0.500. The van der Waals surface area contributed by atoms with E-state index in [9.17, 15) is 27.9 Å². The monoisotopic (exact) mass is 344 g/mol. The standard InChI is InChI=1S/C16H19F3N2O3/c17-16(18,19)11-5-3-6-12(8-11)21-15(24)14(23)20-9-10-4-1-2-7-13(10)22/h3,5-6,8,10,13,22H,1-2,4,7,9H2,(H,20,23)(H,21,24)/t10-,13+/m1/s1. The second-order valence-electron chi connectivity index (χ2n) is 5.85. The summed E-state index contributed by atoms with van der Waals surface area (Å²) in [5.41, 5.74) is -1.02. The van der Waals surface area contributed by atoms with Crippen LogP contribution in [0, 0.1) is 5.92 Å². The maximum atomic E-state index is 12.6. The number of aliphatic hydroxyl groups is 1. The average molecular weight is 344 g/mol. The Labute approximate surface area is 137 Å². The van der Waals surface area contributed by atoms with E-state index >= 15 is 0 Å². The number of alkyl halides is 3. The minimum absolute atomic E-state index is 0.107. The van der Waals surface area contributed by atoms with Gasteiger partial charge in [-0.15, -0.1) is 0 Å². The zero-order valence-corrected chi connectivity index (χ0v) is 12.9. The fourth-order valence-corrected chi connectivity index (χ4v) is 2.69. The van der Waals surface area contributed by atoms with Crippen molar-refractivity contribution in [2.75, 3.05) is 11.9 Å². The Kier molecular flexibility index (Phi) is 5.82. The number of hydrogen-bond donors (Lipinski definition) is 3. The number of rotatable bonds is 3. The summed E-state index contributed by atoms with van der Waals surface area (Å²) in [5, 5.41) is 14.4. The van der Waals surface area contributed by atoms with Gasteiger partial charge >= 0.3 is 18.0 Å². The highest BCUT2D eigenvalue weighted by Crippen LogP contribution is 2.30. The lowest BCUT2D eigenvalue weighted by Gasteiger charge is -2.27. The van der Waals surface area contributed by atoms with Crippen molar-refractivity contribution in [2.45, 2.75) is 38.0 Å². The van der Waals surface area contributed by atoms with Crippen molar-refractivity contribution in [3.8, 4) is 0 Å². The van der Waals surface area contributed by atoms with Gasteiger partial charge in [-0.1, -0.05) is 18.9 Å². The molecule has 3 N–H and O–H groups in total. The van der Waals surface area contributed by atoms with Crippen LogP contribution in [0.1, 0.15) is 31.2 Å². The lowest BCUT2D eigenvalue weighted by molar-refractivity contribution is -0.137. The van der Waals surface area contributed by atoms with Gasteiger partial charge in [0.1, 0.15) is 0 Å². The SMILES string of the molecule is O=C(NC[C@H]1CCCC[C@@H]1O)C(=O)Nc1cccc(C(F)(F)F)c1. The van der Waals surface area contributed by atoms with Gasteiger partial charge in [0.25, 0.3) is 0 Å². The molecule has 2 atom stereocenters. The molecule has 0 saturated heterocycles. The number of benzene rings is 1. The van der Waals surface area contributed by atoms with Crippen LogP contribution in [0.25, 0.3) is 0 Å². The third-order valence-electron chi connectivity index (χ3n) is 4.05. The van der Waals surface area contributed by atoms with Crippen LogP contribution in [0.4, 0.5) is 18.9 Å². The van der Waals surface area contributed by atoms with Crippen molar-refractivity contribution in [3.63, 3.8) is 0 Å². The van der Waals surface area contributed by atoms with E-state index in [0.29, 0.717) is 6.42 Å². The average Bonchev–Trinajstić information content (AvgIpc) is 2.53. The van der Waals surface area contributed by atoms with Crippen LogP contribution in [0.15, 0.2) is 24.3 Å². The van der Waals surface area contributed by atoms with E-state index < -0.39 is 29.7 Å². The number of hydrogen-bond acceptors (Lipinski definition) is 3. The first-order valence-electron chi connectivity index (χ1n) is 7.72. The number of anilines is 1. The first-order valence-corrected chi connectivity index (χ1v) is 7.72. The topological polar surface area (TPSA) is 78.4 Å². The number of nitrogens with one attached hydrogen (secondary N) is 2. The molecule has 0 aromatic heterocycles. The first-order chi connectivity index (χ1) is 11.3. The lowest BCUT2D eigenvalue weighted by atomic mass is 9.86. The third-order valence-corrected chi connectivity index (χ3v) is 4.05. The Balaban J connectivity index is 1.88. The predicted molar refractivity (Wildman–Crippen MR) is 81.0 cm³/mol. The van der Waals surface area contributed by atoms with Crippen molar-refractivity contribution in [2.24, 2.45) is 5.92 Å². The molecule has 0 spiro atoms. The van der Waals surface area contributed by atoms with Crippen LogP contribution in [0.2, 0.25) is 0 Å². The quantitative estimate of drug-likeness (QED) is 0.737. The molecule has 2 rings (SSSR count). The molecule has 132 valence electrons. The van der Waals surface area contributed by atoms with Crippen LogP contribution < -0.4 is 10.6 Å². The predicted octanol–water partition coefficient (Wildman–Crippen LogP) is 2.31. The molecule has 0 bridgehead atoms. The van der Waals surface area contributed by atoms with Crippen LogP contribution in [-0.2, 0) is 15.8 Å². The van der Waals surface area contributed by atoms with Gasteiger partial charge in [0, 0.05) is 18.2 Å². The van der Waals surface area contributed by atoms with E-state index in [-0.39, 0.29) is 18.2 Å². The first kappa shape index (κ1) is 18.3. The summed E-state index contributed by atoms with van der Waals surface area (Å²) in [5.74, 6) is -2.09. The van der Waals surface area contributed by atoms with Gasteiger partial charge in [-0.2, -0.15) is 13.2 Å². The molecule has 1 aliphatic carbocycles. The van der Waals surface area contributed by atoms with Crippen LogP contribution in [0.3, 0.4) is 0 Å². The second-order valence-corrected chi connectivity index (χ2v) is 5.85. The van der Waals surface area contributed by atoms with E-state index in [4.69, 9.17) is 0 Å². The maximum Gasteiger partial charge on any atom is 0.416 e. The van der Waals surface area contributed by atoms with Crippen LogP contribution >= 0.6 is 0 Å². The fourth-order valence-electron chi connectivity index (χ4n) is 2.69. The molecular weight excluding hydrogens is 325 g/mol. The molecule has 24 heavy (non-hydrogen) atoms. The molecule has 0 heterocycles. The third kappa shape index (κ3) is 4.95. The van der Waals surface area contributed by atoms with Crippen molar-refractivity contribution in [1.82, 2.24) is 5.32 Å². The van der Waals surface area contributed by atoms with Crippen molar-refractivity contribution in [1.29, 1.82) is 0 Å². The molecule has 2 amide bonds. The van der Waals surface area contributed by atoms with Gasteiger partial charge in [-0.05, 0) is 31.0 Å². The second kappa shape index (κ2) is 7.65. The van der Waals surface area contributed by atoms with Crippen LogP contribution in [0.5, 0.6) is 0 Å². The Bertz CT molecular complexity index is 604. The molecule has 0 aliphatic heterocycles. The molecule has 0 radical (unpaired) electrons. The minimum Gasteiger partial charge on any atom is -0.393 e. The van der Waals surface area contributed by atoms with E-state index in [1.165, 1.54) is 6.07 Å². The highest BCUT2D eigenvalue weighted by Gasteiger charge is 2.30. The lowest BCUT2D eigenvalue weighted by Crippen LogP contribution is -2.41. The van der Waals surface area contributed by atoms with E-state index in [2.05, 4.69) is 10.6 Å². The molecule has 1 aromatic carbocycles. The Morgan fingerprint density at radius 3 is 2.54 bits per heavy atom. The number of halogens is 3. The molecule has 1 aliphatic rings. The largest absolute Gasteiger partial charge is 0.416 e. The zero-order chi connectivity index (χ0) is 17.7. The van der Waals surface area contributed by atoms with E-state index in [0.717, 1.165) is 37.5 Å². The summed E-state index contributed by atoms with van der Waals surface area (Å²) < 4.78 is 37.8. The Morgan fingerprint density at radius 1 is 1.17 bits per heavy atom. The van der Waals surface area contributed by atoms with E-state index in [1.807, 2.05) is 0 Å². The molecule has 0 unspecified atom stereocenters. The molecular formula is C16H19F3N2O3. The summed E-state index contributed by atoms with van der Waals surface area (Å²) in [6, 6.07) is 4.05. The molecule has 1 aromatic rings. The minimum atomic E-state index is -4.53. The van der Waals surface area contributed by atoms with Gasteiger partial charge in [0.15, 0.2) is 0 Å².